The van der Waals surface area contributed by atoms with Gasteiger partial charge in [0, 0.05) is 23.9 Å². The summed E-state index contributed by atoms with van der Waals surface area (Å²) in [5, 5.41) is 1.23. The summed E-state index contributed by atoms with van der Waals surface area (Å²) in [5.74, 6) is 1.25. The van der Waals surface area contributed by atoms with Crippen LogP contribution in [0.3, 0.4) is 0 Å². The maximum Gasteiger partial charge on any atom is 0.242 e. The van der Waals surface area contributed by atoms with Crippen molar-refractivity contribution in [3.63, 3.8) is 0 Å². The molecule has 0 saturated heterocycles. The molecule has 1 amide bonds. The lowest BCUT2D eigenvalue weighted by molar-refractivity contribution is -0.132. The molecular formula is C26H26N2O4. The molecule has 32 heavy (non-hydrogen) atoms. The molecule has 4 aromatic rings. The number of carbonyl (C=O) groups excluding carboxylic acids is 1. The highest BCUT2D eigenvalue weighted by Gasteiger charge is 2.17. The Morgan fingerprint density at radius 3 is 2.03 bits per heavy atom. The van der Waals surface area contributed by atoms with Gasteiger partial charge in [0.25, 0.3) is 0 Å². The van der Waals surface area contributed by atoms with Gasteiger partial charge in [-0.3, -0.25) is 9.59 Å². The maximum atomic E-state index is 13.4. The predicted molar refractivity (Wildman–Crippen MR) is 126 cm³/mol. The molecule has 0 N–H and O–H groups in total. The number of hydrogen-bond donors (Lipinski definition) is 0. The molecule has 0 atom stereocenters. The number of likely N-dealkylation sites (N-methyl/N-ethyl adjacent to an activating group) is 1. The van der Waals surface area contributed by atoms with Crippen LogP contribution in [-0.4, -0.2) is 36.1 Å². The number of aromatic nitrogens is 1. The van der Waals surface area contributed by atoms with E-state index in [1.807, 2.05) is 78.2 Å². The second-order valence-corrected chi connectivity index (χ2v) is 7.55. The summed E-state index contributed by atoms with van der Waals surface area (Å²) in [6, 6.07) is 20.5. The van der Waals surface area contributed by atoms with E-state index in [9.17, 15) is 9.59 Å². The summed E-state index contributed by atoms with van der Waals surface area (Å²) in [6.07, 6.45) is 0. The van der Waals surface area contributed by atoms with E-state index in [0.717, 1.165) is 16.6 Å². The van der Waals surface area contributed by atoms with Gasteiger partial charge in [0.05, 0.1) is 25.3 Å². The van der Waals surface area contributed by atoms with Gasteiger partial charge in [-0.15, -0.1) is 0 Å². The van der Waals surface area contributed by atoms with E-state index in [2.05, 4.69) is 0 Å². The van der Waals surface area contributed by atoms with Crippen molar-refractivity contribution >= 4 is 27.7 Å². The first-order valence-electron chi connectivity index (χ1n) is 10.6. The zero-order valence-corrected chi connectivity index (χ0v) is 18.5. The van der Waals surface area contributed by atoms with E-state index < -0.39 is 0 Å². The number of carbonyl (C=O) groups is 1. The number of nitrogens with zero attached hydrogens (tertiary/aromatic N) is 2. The van der Waals surface area contributed by atoms with Gasteiger partial charge >= 0.3 is 0 Å². The molecule has 3 aromatic carbocycles. The van der Waals surface area contributed by atoms with Crippen molar-refractivity contribution in [3.8, 4) is 11.5 Å². The van der Waals surface area contributed by atoms with Crippen molar-refractivity contribution in [1.82, 2.24) is 9.47 Å². The Hall–Kier alpha value is -3.80. The Balaban J connectivity index is 1.70. The molecule has 0 unspecified atom stereocenters. The third-order valence-corrected chi connectivity index (χ3v) is 5.73. The summed E-state index contributed by atoms with van der Waals surface area (Å²) < 4.78 is 12.6. The highest BCUT2D eigenvalue weighted by molar-refractivity contribution is 5.94. The van der Waals surface area contributed by atoms with E-state index in [0.29, 0.717) is 35.4 Å². The smallest absolute Gasteiger partial charge is 0.242 e. The van der Waals surface area contributed by atoms with Gasteiger partial charge in [-0.1, -0.05) is 30.3 Å². The molecule has 0 aliphatic carbocycles. The molecule has 0 bridgehead atoms. The summed E-state index contributed by atoms with van der Waals surface area (Å²) in [7, 11) is 3.19. The summed E-state index contributed by atoms with van der Waals surface area (Å²) in [6.45, 7) is 3.11. The van der Waals surface area contributed by atoms with Crippen molar-refractivity contribution < 1.29 is 14.3 Å². The molecular weight excluding hydrogens is 404 g/mol. The standard InChI is InChI=1S/C26H26N2O4/c1-4-27(16-18-13-14-23(31-2)24(15-18)32-3)25(29)17-28-21-11-7-5-9-19(21)26(30)20-10-6-8-12-22(20)28/h5-15H,4,16-17H2,1-3H3. The van der Waals surface area contributed by atoms with Gasteiger partial charge in [-0.25, -0.2) is 0 Å². The fourth-order valence-electron chi connectivity index (χ4n) is 4.06. The fourth-order valence-corrected chi connectivity index (χ4v) is 4.06. The van der Waals surface area contributed by atoms with Crippen molar-refractivity contribution in [3.05, 3.63) is 82.5 Å². The highest BCUT2D eigenvalue weighted by atomic mass is 16.5. The Kier molecular flexibility index (Phi) is 6.12. The first-order chi connectivity index (χ1) is 15.6. The molecule has 4 rings (SSSR count). The first kappa shape index (κ1) is 21.4. The molecule has 0 spiro atoms. The average molecular weight is 431 g/mol. The number of fused-ring (bicyclic) bond motifs is 2. The van der Waals surface area contributed by atoms with E-state index in [-0.39, 0.29) is 17.9 Å². The number of hydrogen-bond acceptors (Lipinski definition) is 4. The van der Waals surface area contributed by atoms with Crippen LogP contribution in [0.4, 0.5) is 0 Å². The zero-order valence-electron chi connectivity index (χ0n) is 18.5. The fraction of sp³-hybridized carbons (Fsp3) is 0.231. The topological polar surface area (TPSA) is 60.8 Å². The average Bonchev–Trinajstić information content (AvgIpc) is 2.84. The second kappa shape index (κ2) is 9.14. The Labute approximate surface area is 186 Å². The van der Waals surface area contributed by atoms with E-state index in [1.165, 1.54) is 0 Å². The molecule has 0 aliphatic rings. The van der Waals surface area contributed by atoms with Crippen LogP contribution in [-0.2, 0) is 17.9 Å². The van der Waals surface area contributed by atoms with Crippen molar-refractivity contribution in [2.24, 2.45) is 0 Å². The van der Waals surface area contributed by atoms with Crippen LogP contribution in [0.5, 0.6) is 11.5 Å². The lowest BCUT2D eigenvalue weighted by Gasteiger charge is -2.23. The van der Waals surface area contributed by atoms with Gasteiger partial charge < -0.3 is 18.9 Å². The second-order valence-electron chi connectivity index (χ2n) is 7.55. The number of rotatable bonds is 7. The molecule has 0 aliphatic heterocycles. The molecule has 6 nitrogen and oxygen atoms in total. The van der Waals surface area contributed by atoms with Crippen LogP contribution in [0.25, 0.3) is 21.8 Å². The summed E-state index contributed by atoms with van der Waals surface area (Å²) >= 11 is 0. The summed E-state index contributed by atoms with van der Waals surface area (Å²) in [4.78, 5) is 28.1. The Morgan fingerprint density at radius 1 is 0.875 bits per heavy atom. The minimum absolute atomic E-state index is 0.0161. The van der Waals surface area contributed by atoms with Gasteiger partial charge in [0.15, 0.2) is 16.9 Å². The van der Waals surface area contributed by atoms with E-state index in [1.54, 1.807) is 19.1 Å². The van der Waals surface area contributed by atoms with Crippen LogP contribution >= 0.6 is 0 Å². The zero-order chi connectivity index (χ0) is 22.7. The number of benzene rings is 3. The normalized spacial score (nSPS) is 11.0. The van der Waals surface area contributed by atoms with Crippen molar-refractivity contribution in [2.75, 3.05) is 20.8 Å². The van der Waals surface area contributed by atoms with Crippen LogP contribution < -0.4 is 14.9 Å². The van der Waals surface area contributed by atoms with Crippen LogP contribution in [0.1, 0.15) is 12.5 Å². The molecule has 0 fully saturated rings. The minimum Gasteiger partial charge on any atom is -0.493 e. The number of ether oxygens (including phenoxy) is 2. The molecule has 1 heterocycles. The van der Waals surface area contributed by atoms with Crippen molar-refractivity contribution in [2.45, 2.75) is 20.0 Å². The van der Waals surface area contributed by atoms with Crippen LogP contribution in [0.2, 0.25) is 0 Å². The Morgan fingerprint density at radius 2 is 1.47 bits per heavy atom. The molecule has 1 aromatic heterocycles. The highest BCUT2D eigenvalue weighted by Crippen LogP contribution is 2.28. The van der Waals surface area contributed by atoms with E-state index in [4.69, 9.17) is 9.47 Å². The number of para-hydroxylation sites is 2. The molecule has 164 valence electrons. The number of methoxy groups -OCH3 is 2. The predicted octanol–water partition coefficient (Wildman–Crippen LogP) is 4.22. The number of amides is 1. The minimum atomic E-state index is -0.0266. The molecule has 0 radical (unpaired) electrons. The third kappa shape index (κ3) is 3.91. The summed E-state index contributed by atoms with van der Waals surface area (Å²) in [5.41, 5.74) is 2.45. The van der Waals surface area contributed by atoms with E-state index >= 15 is 0 Å². The SMILES string of the molecule is CCN(Cc1ccc(OC)c(OC)c1)C(=O)Cn1c2ccccc2c(=O)c2ccccc21. The van der Waals surface area contributed by atoms with Crippen LogP contribution in [0.15, 0.2) is 71.5 Å². The quantitative estimate of drug-likeness (QED) is 0.412. The Bertz CT molecular complexity index is 1280. The third-order valence-electron chi connectivity index (χ3n) is 5.73. The lowest BCUT2D eigenvalue weighted by Crippen LogP contribution is -2.33. The van der Waals surface area contributed by atoms with Gasteiger partial charge in [-0.05, 0) is 48.9 Å². The van der Waals surface area contributed by atoms with Gasteiger partial charge in [0.2, 0.25) is 5.91 Å². The van der Waals surface area contributed by atoms with Gasteiger partial charge in [0.1, 0.15) is 6.54 Å². The lowest BCUT2D eigenvalue weighted by atomic mass is 10.1. The van der Waals surface area contributed by atoms with Gasteiger partial charge in [-0.2, -0.15) is 0 Å². The monoisotopic (exact) mass is 430 g/mol. The molecule has 0 saturated carbocycles. The molecule has 6 heteroatoms. The largest absolute Gasteiger partial charge is 0.493 e. The maximum absolute atomic E-state index is 13.4. The van der Waals surface area contributed by atoms with Crippen LogP contribution in [0, 0.1) is 0 Å². The number of pyridine rings is 1. The van der Waals surface area contributed by atoms with Crippen molar-refractivity contribution in [1.29, 1.82) is 0 Å². The first-order valence-corrected chi connectivity index (χ1v) is 10.6.